The Balaban J connectivity index is 2.13. The summed E-state index contributed by atoms with van der Waals surface area (Å²) in [6.07, 6.45) is 4.94. The first kappa shape index (κ1) is 13.6. The molecule has 1 aliphatic heterocycles. The van der Waals surface area contributed by atoms with Crippen molar-refractivity contribution in [2.24, 2.45) is 0 Å². The molecule has 1 atom stereocenters. The van der Waals surface area contributed by atoms with Gasteiger partial charge in [-0.3, -0.25) is 4.79 Å². The van der Waals surface area contributed by atoms with E-state index in [2.05, 4.69) is 0 Å². The van der Waals surface area contributed by atoms with Crippen LogP contribution in [0.2, 0.25) is 0 Å². The molecule has 1 aliphatic carbocycles. The summed E-state index contributed by atoms with van der Waals surface area (Å²) >= 11 is 0. The van der Waals surface area contributed by atoms with Crippen molar-refractivity contribution >= 4 is 5.91 Å². The third-order valence-corrected chi connectivity index (χ3v) is 4.90. The largest absolute Gasteiger partial charge is 0.384 e. The van der Waals surface area contributed by atoms with E-state index in [-0.39, 0.29) is 5.91 Å². The molecule has 1 aromatic rings. The van der Waals surface area contributed by atoms with Crippen molar-refractivity contribution in [1.29, 1.82) is 0 Å². The minimum absolute atomic E-state index is 0.222. The molecule has 4 heteroatoms. The fourth-order valence-corrected chi connectivity index (χ4v) is 3.71. The molecular formula is C16H21NO3. The zero-order chi connectivity index (χ0) is 14.4. The van der Waals surface area contributed by atoms with Gasteiger partial charge in [0.2, 0.25) is 0 Å². The quantitative estimate of drug-likeness (QED) is 0.771. The van der Waals surface area contributed by atoms with Gasteiger partial charge in [-0.2, -0.15) is 0 Å². The predicted octanol–water partition coefficient (Wildman–Crippen LogP) is 2.00. The fraction of sp³-hybridized carbons (Fsp3) is 0.562. The number of aliphatic hydroxyl groups is 2. The van der Waals surface area contributed by atoms with Gasteiger partial charge in [0.15, 0.2) is 5.72 Å². The molecule has 3 rings (SSSR count). The van der Waals surface area contributed by atoms with Crippen LogP contribution in [0, 0.1) is 0 Å². The monoisotopic (exact) mass is 275 g/mol. The first-order valence-corrected chi connectivity index (χ1v) is 7.33. The molecule has 2 N–H and O–H groups in total. The molecule has 108 valence electrons. The number of nitrogens with zero attached hydrogens (tertiary/aromatic N) is 1. The number of rotatable bonds is 1. The first-order valence-electron chi connectivity index (χ1n) is 7.33. The second-order valence-electron chi connectivity index (χ2n) is 6.03. The second-order valence-corrected chi connectivity index (χ2v) is 6.03. The highest BCUT2D eigenvalue weighted by Crippen LogP contribution is 2.48. The Labute approximate surface area is 119 Å². The van der Waals surface area contributed by atoms with E-state index in [1.807, 2.05) is 0 Å². The molecule has 1 saturated carbocycles. The van der Waals surface area contributed by atoms with Crippen LogP contribution in [0.1, 0.15) is 54.4 Å². The van der Waals surface area contributed by atoms with Gasteiger partial charge in [-0.05, 0) is 18.9 Å². The number of carbonyl (C=O) groups is 1. The van der Waals surface area contributed by atoms with Crippen molar-refractivity contribution < 1.29 is 15.0 Å². The van der Waals surface area contributed by atoms with Gasteiger partial charge in [0.1, 0.15) is 5.60 Å². The maximum atomic E-state index is 12.3. The van der Waals surface area contributed by atoms with Gasteiger partial charge in [-0.15, -0.1) is 0 Å². The fourth-order valence-electron chi connectivity index (χ4n) is 3.71. The van der Waals surface area contributed by atoms with Crippen LogP contribution in [0.25, 0.3) is 0 Å². The number of hydrogen-bond donors (Lipinski definition) is 2. The molecule has 0 aromatic heterocycles. The lowest BCUT2D eigenvalue weighted by Crippen LogP contribution is -2.59. The van der Waals surface area contributed by atoms with Gasteiger partial charge in [0.05, 0.1) is 0 Å². The highest BCUT2D eigenvalue weighted by Gasteiger charge is 2.59. The molecule has 0 spiro atoms. The van der Waals surface area contributed by atoms with Crippen LogP contribution < -0.4 is 0 Å². The van der Waals surface area contributed by atoms with E-state index in [1.54, 1.807) is 31.3 Å². The Morgan fingerprint density at radius 3 is 2.30 bits per heavy atom. The van der Waals surface area contributed by atoms with Crippen LogP contribution >= 0.6 is 0 Å². The van der Waals surface area contributed by atoms with Crippen LogP contribution in [0.3, 0.4) is 0 Å². The molecule has 2 aliphatic rings. The van der Waals surface area contributed by atoms with Crippen molar-refractivity contribution in [2.45, 2.75) is 49.9 Å². The Morgan fingerprint density at radius 2 is 1.65 bits per heavy atom. The molecule has 1 amide bonds. The van der Waals surface area contributed by atoms with E-state index >= 15 is 0 Å². The Hall–Kier alpha value is -1.39. The summed E-state index contributed by atoms with van der Waals surface area (Å²) in [7, 11) is 1.57. The number of fused-ring (bicyclic) bond motifs is 1. The van der Waals surface area contributed by atoms with Crippen molar-refractivity contribution in [2.75, 3.05) is 7.05 Å². The molecule has 1 unspecified atom stereocenters. The first-order chi connectivity index (χ1) is 9.51. The van der Waals surface area contributed by atoms with Crippen LogP contribution in [-0.2, 0) is 5.72 Å². The van der Waals surface area contributed by atoms with Crippen LogP contribution in [0.15, 0.2) is 24.3 Å². The Bertz CT molecular complexity index is 534. The third kappa shape index (κ3) is 1.64. The number of amides is 1. The maximum Gasteiger partial charge on any atom is 0.256 e. The van der Waals surface area contributed by atoms with E-state index in [1.165, 1.54) is 4.90 Å². The molecule has 1 aromatic carbocycles. The van der Waals surface area contributed by atoms with Crippen molar-refractivity contribution in [3.8, 4) is 0 Å². The van der Waals surface area contributed by atoms with Crippen LogP contribution in [0.4, 0.5) is 0 Å². The van der Waals surface area contributed by atoms with Crippen molar-refractivity contribution in [1.82, 2.24) is 4.90 Å². The van der Waals surface area contributed by atoms with E-state index in [0.717, 1.165) is 25.7 Å². The molecule has 1 heterocycles. The number of benzene rings is 1. The van der Waals surface area contributed by atoms with E-state index in [9.17, 15) is 15.0 Å². The highest BCUT2D eigenvalue weighted by atomic mass is 16.4. The average Bonchev–Trinajstić information content (AvgIpc) is 2.65. The van der Waals surface area contributed by atoms with E-state index < -0.39 is 11.3 Å². The SMILES string of the molecule is CN1C(=O)c2ccccc2C1(O)C1(O)CCCCCC1. The number of carbonyl (C=O) groups excluding carboxylic acids is 1. The van der Waals surface area contributed by atoms with E-state index in [0.29, 0.717) is 24.0 Å². The maximum absolute atomic E-state index is 12.3. The summed E-state index contributed by atoms with van der Waals surface area (Å²) in [5, 5.41) is 22.3. The van der Waals surface area contributed by atoms with Gasteiger partial charge >= 0.3 is 0 Å². The molecule has 0 bridgehead atoms. The summed E-state index contributed by atoms with van der Waals surface area (Å²) in [5.74, 6) is -0.222. The van der Waals surface area contributed by atoms with Gasteiger partial charge in [-0.25, -0.2) is 0 Å². The molecule has 1 fully saturated rings. The highest BCUT2D eigenvalue weighted by molar-refractivity contribution is 5.99. The standard InChI is InChI=1S/C16H21NO3/c1-17-14(18)12-8-4-5-9-13(12)16(17,20)15(19)10-6-2-3-7-11-15/h4-5,8-9,19-20H,2-3,6-7,10-11H2,1H3. The molecule has 4 nitrogen and oxygen atoms in total. The van der Waals surface area contributed by atoms with Crippen molar-refractivity contribution in [3.63, 3.8) is 0 Å². The van der Waals surface area contributed by atoms with Gasteiger partial charge in [0, 0.05) is 18.2 Å². The minimum atomic E-state index is -1.61. The van der Waals surface area contributed by atoms with E-state index in [4.69, 9.17) is 0 Å². The molecule has 0 saturated heterocycles. The van der Waals surface area contributed by atoms with Gasteiger partial charge < -0.3 is 15.1 Å². The third-order valence-electron chi connectivity index (χ3n) is 4.90. The van der Waals surface area contributed by atoms with Crippen LogP contribution in [-0.4, -0.2) is 33.7 Å². The topological polar surface area (TPSA) is 60.8 Å². The summed E-state index contributed by atoms with van der Waals surface area (Å²) < 4.78 is 0. The summed E-state index contributed by atoms with van der Waals surface area (Å²) in [6.45, 7) is 0. The molecule has 20 heavy (non-hydrogen) atoms. The zero-order valence-electron chi connectivity index (χ0n) is 11.8. The number of likely N-dealkylation sites (N-methyl/N-ethyl adjacent to an activating group) is 1. The summed E-state index contributed by atoms with van der Waals surface area (Å²) in [5.41, 5.74) is -1.84. The zero-order valence-corrected chi connectivity index (χ0v) is 11.8. The minimum Gasteiger partial charge on any atom is -0.384 e. The normalized spacial score (nSPS) is 29.1. The summed E-state index contributed by atoms with van der Waals surface area (Å²) in [6, 6.07) is 7.05. The molecular weight excluding hydrogens is 254 g/mol. The van der Waals surface area contributed by atoms with Crippen LogP contribution in [0.5, 0.6) is 0 Å². The van der Waals surface area contributed by atoms with Gasteiger partial charge in [0.25, 0.3) is 5.91 Å². The lowest BCUT2D eigenvalue weighted by atomic mass is 9.79. The lowest BCUT2D eigenvalue weighted by Gasteiger charge is -2.45. The van der Waals surface area contributed by atoms with Crippen molar-refractivity contribution in [3.05, 3.63) is 35.4 Å². The van der Waals surface area contributed by atoms with Gasteiger partial charge in [-0.1, -0.05) is 43.9 Å². The average molecular weight is 275 g/mol. The lowest BCUT2D eigenvalue weighted by molar-refractivity contribution is -0.221. The summed E-state index contributed by atoms with van der Waals surface area (Å²) in [4.78, 5) is 13.6. The smallest absolute Gasteiger partial charge is 0.256 e. The number of hydrogen-bond acceptors (Lipinski definition) is 3. The Morgan fingerprint density at radius 1 is 1.05 bits per heavy atom. The predicted molar refractivity (Wildman–Crippen MR) is 75.1 cm³/mol. The molecule has 0 radical (unpaired) electrons. The Kier molecular flexibility index (Phi) is 3.10. The second kappa shape index (κ2) is 4.57.